The Balaban J connectivity index is 2.52. The minimum Gasteiger partial charge on any atom is -0.391 e. The monoisotopic (exact) mass is 263 g/mol. The lowest BCUT2D eigenvalue weighted by atomic mass is 9.89. The second-order valence-electron chi connectivity index (χ2n) is 6.20. The Morgan fingerprint density at radius 1 is 1.35 bits per heavy atom. The van der Waals surface area contributed by atoms with Gasteiger partial charge in [-0.05, 0) is 18.3 Å². The van der Waals surface area contributed by atoms with Gasteiger partial charge in [0.1, 0.15) is 0 Å². The van der Waals surface area contributed by atoms with Gasteiger partial charge < -0.3 is 10.4 Å². The molecule has 2 N–H and O–H groups in total. The van der Waals surface area contributed by atoms with Gasteiger partial charge in [-0.2, -0.15) is 0 Å². The summed E-state index contributed by atoms with van der Waals surface area (Å²) in [7, 11) is -2.98. The summed E-state index contributed by atoms with van der Waals surface area (Å²) in [5.41, 5.74) is -0.174. The molecule has 0 aromatic carbocycles. The van der Waals surface area contributed by atoms with Gasteiger partial charge in [-0.15, -0.1) is 0 Å². The zero-order valence-electron chi connectivity index (χ0n) is 11.2. The second-order valence-corrected chi connectivity index (χ2v) is 8.46. The van der Waals surface area contributed by atoms with Crippen molar-refractivity contribution in [3.63, 3.8) is 0 Å². The molecule has 1 aliphatic rings. The number of hydrogen-bond acceptors (Lipinski definition) is 4. The molecule has 4 nitrogen and oxygen atoms in total. The predicted octanol–water partition coefficient (Wildman–Crippen LogP) is 0.949. The molecule has 17 heavy (non-hydrogen) atoms. The number of sulfone groups is 1. The first-order chi connectivity index (χ1) is 7.62. The molecule has 3 atom stereocenters. The molecule has 5 heteroatoms. The van der Waals surface area contributed by atoms with Crippen molar-refractivity contribution < 1.29 is 13.5 Å². The third-order valence-corrected chi connectivity index (χ3v) is 5.24. The summed E-state index contributed by atoms with van der Waals surface area (Å²) in [5.74, 6) is 0. The molecule has 0 bridgehead atoms. The molecule has 102 valence electrons. The van der Waals surface area contributed by atoms with E-state index in [0.29, 0.717) is 6.54 Å². The van der Waals surface area contributed by atoms with Crippen molar-refractivity contribution in [1.29, 1.82) is 0 Å². The number of aliphatic hydroxyl groups excluding tert-OH is 1. The zero-order valence-corrected chi connectivity index (χ0v) is 12.0. The van der Waals surface area contributed by atoms with Crippen LogP contribution < -0.4 is 5.32 Å². The summed E-state index contributed by atoms with van der Waals surface area (Å²) in [6, 6.07) is 0.00185. The highest BCUT2D eigenvalue weighted by atomic mass is 32.2. The quantitative estimate of drug-likeness (QED) is 0.792. The fourth-order valence-electron chi connectivity index (χ4n) is 2.24. The molecule has 0 aromatic rings. The summed E-state index contributed by atoms with van der Waals surface area (Å²) < 4.78 is 23.2. The predicted molar refractivity (Wildman–Crippen MR) is 69.7 cm³/mol. The summed E-state index contributed by atoms with van der Waals surface area (Å²) >= 11 is 0. The molecular weight excluding hydrogens is 238 g/mol. The Morgan fingerprint density at radius 2 is 1.94 bits per heavy atom. The zero-order chi connectivity index (χ0) is 13.3. The lowest BCUT2D eigenvalue weighted by Gasteiger charge is -2.28. The summed E-state index contributed by atoms with van der Waals surface area (Å²) in [6.45, 7) is 6.38. The largest absolute Gasteiger partial charge is 0.391 e. The van der Waals surface area contributed by atoms with Crippen molar-refractivity contribution in [2.75, 3.05) is 12.8 Å². The van der Waals surface area contributed by atoms with Crippen molar-refractivity contribution in [3.05, 3.63) is 0 Å². The van der Waals surface area contributed by atoms with Crippen LogP contribution in [0.1, 0.15) is 40.0 Å². The maximum atomic E-state index is 11.6. The SMILES string of the molecule is CC(C)(C)C(O)CNC1CCCC1S(C)(=O)=O. The van der Waals surface area contributed by atoms with Gasteiger partial charge in [-0.1, -0.05) is 27.2 Å². The van der Waals surface area contributed by atoms with Crippen LogP contribution in [-0.2, 0) is 9.84 Å². The number of nitrogens with one attached hydrogen (secondary N) is 1. The van der Waals surface area contributed by atoms with E-state index >= 15 is 0 Å². The van der Waals surface area contributed by atoms with Gasteiger partial charge in [-0.25, -0.2) is 8.42 Å². The van der Waals surface area contributed by atoms with Crippen molar-refractivity contribution in [3.8, 4) is 0 Å². The van der Waals surface area contributed by atoms with E-state index in [1.54, 1.807) is 0 Å². The summed E-state index contributed by atoms with van der Waals surface area (Å²) in [5, 5.41) is 12.9. The Labute approximate surface area is 105 Å². The first-order valence-electron chi connectivity index (χ1n) is 6.22. The Bertz CT molecular complexity index is 345. The topological polar surface area (TPSA) is 66.4 Å². The van der Waals surface area contributed by atoms with Crippen LogP contribution in [-0.4, -0.2) is 43.7 Å². The van der Waals surface area contributed by atoms with E-state index in [1.165, 1.54) is 6.26 Å². The minimum atomic E-state index is -2.98. The third kappa shape index (κ3) is 4.23. The van der Waals surface area contributed by atoms with E-state index < -0.39 is 15.9 Å². The van der Waals surface area contributed by atoms with E-state index in [0.717, 1.165) is 19.3 Å². The van der Waals surface area contributed by atoms with Crippen LogP contribution in [0.25, 0.3) is 0 Å². The highest BCUT2D eigenvalue weighted by molar-refractivity contribution is 7.91. The highest BCUT2D eigenvalue weighted by Crippen LogP contribution is 2.26. The molecule has 0 saturated heterocycles. The van der Waals surface area contributed by atoms with Crippen LogP contribution in [0.15, 0.2) is 0 Å². The molecule has 0 aromatic heterocycles. The lowest BCUT2D eigenvalue weighted by molar-refractivity contribution is 0.0607. The van der Waals surface area contributed by atoms with E-state index in [9.17, 15) is 13.5 Å². The number of hydrogen-bond donors (Lipinski definition) is 2. The van der Waals surface area contributed by atoms with E-state index in [4.69, 9.17) is 0 Å². The first-order valence-corrected chi connectivity index (χ1v) is 8.18. The average molecular weight is 263 g/mol. The van der Waals surface area contributed by atoms with Gasteiger partial charge in [0, 0.05) is 18.8 Å². The average Bonchev–Trinajstić information content (AvgIpc) is 2.59. The van der Waals surface area contributed by atoms with E-state index in [-0.39, 0.29) is 16.7 Å². The van der Waals surface area contributed by atoms with Crippen molar-refractivity contribution in [2.24, 2.45) is 5.41 Å². The third-order valence-electron chi connectivity index (χ3n) is 3.58. The van der Waals surface area contributed by atoms with E-state index in [1.807, 2.05) is 20.8 Å². The van der Waals surface area contributed by atoms with Crippen molar-refractivity contribution in [2.45, 2.75) is 57.4 Å². The summed E-state index contributed by atoms with van der Waals surface area (Å²) in [6.07, 6.45) is 3.42. The van der Waals surface area contributed by atoms with Crippen LogP contribution in [0.4, 0.5) is 0 Å². The Kier molecular flexibility index (Phi) is 4.60. The smallest absolute Gasteiger partial charge is 0.151 e. The van der Waals surface area contributed by atoms with Gasteiger partial charge >= 0.3 is 0 Å². The molecule has 0 amide bonds. The highest BCUT2D eigenvalue weighted by Gasteiger charge is 2.35. The van der Waals surface area contributed by atoms with Gasteiger partial charge in [0.2, 0.25) is 0 Å². The minimum absolute atomic E-state index is 0.00185. The molecule has 0 aliphatic heterocycles. The number of aliphatic hydroxyl groups is 1. The summed E-state index contributed by atoms with van der Waals surface area (Å²) in [4.78, 5) is 0. The molecule has 0 radical (unpaired) electrons. The Hall–Kier alpha value is -0.130. The van der Waals surface area contributed by atoms with Crippen LogP contribution in [0.3, 0.4) is 0 Å². The first kappa shape index (κ1) is 14.9. The molecular formula is C12H25NO3S. The maximum Gasteiger partial charge on any atom is 0.151 e. The van der Waals surface area contributed by atoms with Gasteiger partial charge in [0.15, 0.2) is 9.84 Å². The van der Waals surface area contributed by atoms with Gasteiger partial charge in [0.05, 0.1) is 11.4 Å². The lowest BCUT2D eigenvalue weighted by Crippen LogP contribution is -2.45. The molecule has 1 aliphatic carbocycles. The van der Waals surface area contributed by atoms with Crippen LogP contribution in [0, 0.1) is 5.41 Å². The Morgan fingerprint density at radius 3 is 2.41 bits per heavy atom. The maximum absolute atomic E-state index is 11.6. The van der Waals surface area contributed by atoms with Crippen LogP contribution in [0.5, 0.6) is 0 Å². The molecule has 1 fully saturated rings. The molecule has 1 saturated carbocycles. The van der Waals surface area contributed by atoms with Gasteiger partial charge in [0.25, 0.3) is 0 Å². The standard InChI is InChI=1S/C12H25NO3S/c1-12(2,3)11(14)8-13-9-6-5-7-10(9)17(4,15)16/h9-11,13-14H,5-8H2,1-4H3. The van der Waals surface area contributed by atoms with Crippen LogP contribution >= 0.6 is 0 Å². The molecule has 0 spiro atoms. The number of rotatable bonds is 4. The second kappa shape index (κ2) is 5.24. The fraction of sp³-hybridized carbons (Fsp3) is 1.00. The van der Waals surface area contributed by atoms with Gasteiger partial charge in [-0.3, -0.25) is 0 Å². The fourth-order valence-corrected chi connectivity index (χ4v) is 3.67. The van der Waals surface area contributed by atoms with E-state index in [2.05, 4.69) is 5.32 Å². The van der Waals surface area contributed by atoms with Crippen LogP contribution in [0.2, 0.25) is 0 Å². The molecule has 0 heterocycles. The normalized spacial score (nSPS) is 28.3. The molecule has 1 rings (SSSR count). The van der Waals surface area contributed by atoms with Crippen molar-refractivity contribution >= 4 is 9.84 Å². The van der Waals surface area contributed by atoms with Crippen molar-refractivity contribution in [1.82, 2.24) is 5.32 Å². The molecule has 3 unspecified atom stereocenters.